The molecule has 1 aliphatic heterocycles. The lowest BCUT2D eigenvalue weighted by Gasteiger charge is -2.02. The average Bonchev–Trinajstić information content (AvgIpc) is 3.17. The Morgan fingerprint density at radius 1 is 1.12 bits per heavy atom. The molecule has 3 aromatic rings. The quantitative estimate of drug-likeness (QED) is 0.648. The lowest BCUT2D eigenvalue weighted by atomic mass is 10.1. The van der Waals surface area contributed by atoms with Crippen molar-refractivity contribution in [3.63, 3.8) is 0 Å². The highest BCUT2D eigenvalue weighted by atomic mass is 16.5. The van der Waals surface area contributed by atoms with Crippen molar-refractivity contribution in [3.05, 3.63) is 64.1 Å². The Morgan fingerprint density at radius 3 is 2.92 bits per heavy atom. The third kappa shape index (κ3) is 2.81. The van der Waals surface area contributed by atoms with Crippen LogP contribution in [0.5, 0.6) is 5.75 Å². The van der Waals surface area contributed by atoms with E-state index in [9.17, 15) is 9.59 Å². The van der Waals surface area contributed by atoms with E-state index in [0.717, 1.165) is 17.7 Å². The first-order valence-corrected chi connectivity index (χ1v) is 7.64. The lowest BCUT2D eigenvalue weighted by Crippen LogP contribution is -2.07. The normalized spacial score (nSPS) is 13.2. The molecular weight excluding hydrogens is 306 g/mol. The second kappa shape index (κ2) is 5.73. The lowest BCUT2D eigenvalue weighted by molar-refractivity contribution is -0.111. The second-order valence-electron chi connectivity index (χ2n) is 5.63. The summed E-state index contributed by atoms with van der Waals surface area (Å²) < 4.78 is 5.46. The molecule has 0 saturated carbocycles. The number of imidazole rings is 1. The number of hydrogen-bond donors (Lipinski definition) is 3. The maximum Gasteiger partial charge on any atom is 0.323 e. The van der Waals surface area contributed by atoms with Crippen molar-refractivity contribution < 1.29 is 9.53 Å². The Balaban J connectivity index is 1.48. The zero-order valence-corrected chi connectivity index (χ0v) is 12.8. The van der Waals surface area contributed by atoms with Crippen LogP contribution in [0.2, 0.25) is 0 Å². The Kier molecular flexibility index (Phi) is 3.42. The van der Waals surface area contributed by atoms with Gasteiger partial charge >= 0.3 is 5.69 Å². The maximum atomic E-state index is 12.1. The number of carbonyl (C=O) groups excluding carboxylic acids is 1. The zero-order chi connectivity index (χ0) is 16.5. The zero-order valence-electron chi connectivity index (χ0n) is 12.8. The fraction of sp³-hybridized carbons (Fsp3) is 0.111. The van der Waals surface area contributed by atoms with Gasteiger partial charge in [0.1, 0.15) is 5.75 Å². The summed E-state index contributed by atoms with van der Waals surface area (Å²) in [6, 6.07) is 11.1. The summed E-state index contributed by atoms with van der Waals surface area (Å²) in [6.45, 7) is 0.715. The van der Waals surface area contributed by atoms with Crippen LogP contribution in [0, 0.1) is 0 Å². The number of anilines is 1. The van der Waals surface area contributed by atoms with E-state index in [1.807, 2.05) is 18.2 Å². The Morgan fingerprint density at radius 2 is 2.00 bits per heavy atom. The van der Waals surface area contributed by atoms with Gasteiger partial charge in [0.2, 0.25) is 5.91 Å². The Bertz CT molecular complexity index is 1010. The molecule has 0 aliphatic carbocycles. The van der Waals surface area contributed by atoms with E-state index in [4.69, 9.17) is 4.74 Å². The smallest absolute Gasteiger partial charge is 0.323 e. The van der Waals surface area contributed by atoms with Crippen molar-refractivity contribution in [2.75, 3.05) is 11.9 Å². The van der Waals surface area contributed by atoms with Crippen LogP contribution in [0.3, 0.4) is 0 Å². The van der Waals surface area contributed by atoms with Crippen LogP contribution < -0.4 is 15.7 Å². The van der Waals surface area contributed by atoms with E-state index >= 15 is 0 Å². The molecule has 0 saturated heterocycles. The molecular formula is C18H15N3O3. The van der Waals surface area contributed by atoms with E-state index < -0.39 is 0 Å². The molecule has 120 valence electrons. The van der Waals surface area contributed by atoms with Crippen molar-refractivity contribution in [2.45, 2.75) is 6.42 Å². The number of carbonyl (C=O) groups is 1. The number of H-pyrrole nitrogens is 2. The average molecular weight is 321 g/mol. The monoisotopic (exact) mass is 321 g/mol. The molecule has 1 aromatic heterocycles. The fourth-order valence-corrected chi connectivity index (χ4v) is 2.78. The van der Waals surface area contributed by atoms with E-state index in [2.05, 4.69) is 15.3 Å². The van der Waals surface area contributed by atoms with Crippen molar-refractivity contribution in [2.24, 2.45) is 0 Å². The van der Waals surface area contributed by atoms with Gasteiger partial charge in [0, 0.05) is 18.2 Å². The van der Waals surface area contributed by atoms with Gasteiger partial charge in [0.05, 0.1) is 17.6 Å². The molecule has 2 heterocycles. The summed E-state index contributed by atoms with van der Waals surface area (Å²) in [5.74, 6) is 0.689. The minimum absolute atomic E-state index is 0.232. The SMILES string of the molecule is O=C(/C=C/c1ccc2c(c1)CCO2)Nc1ccc2[nH]c(=O)[nH]c2c1. The Labute approximate surface area is 137 Å². The minimum atomic E-state index is -0.269. The Hall–Kier alpha value is -3.28. The van der Waals surface area contributed by atoms with Gasteiger partial charge in [-0.05, 0) is 47.5 Å². The molecule has 0 atom stereocenters. The third-order valence-corrected chi connectivity index (χ3v) is 3.92. The molecule has 1 amide bonds. The number of aromatic amines is 2. The molecule has 2 aromatic carbocycles. The van der Waals surface area contributed by atoms with Crippen LogP contribution in [-0.4, -0.2) is 22.5 Å². The first-order chi connectivity index (χ1) is 11.7. The highest BCUT2D eigenvalue weighted by Gasteiger charge is 2.11. The number of aromatic nitrogens is 2. The van der Waals surface area contributed by atoms with Gasteiger partial charge in [-0.25, -0.2) is 4.79 Å². The largest absolute Gasteiger partial charge is 0.493 e. The van der Waals surface area contributed by atoms with E-state index in [1.54, 1.807) is 24.3 Å². The summed E-state index contributed by atoms with van der Waals surface area (Å²) in [4.78, 5) is 28.6. The number of fused-ring (bicyclic) bond motifs is 2. The first kappa shape index (κ1) is 14.3. The number of rotatable bonds is 3. The molecule has 0 fully saturated rings. The van der Waals surface area contributed by atoms with Crippen molar-refractivity contribution in [3.8, 4) is 5.75 Å². The number of benzene rings is 2. The van der Waals surface area contributed by atoms with Gasteiger partial charge in [0.15, 0.2) is 0 Å². The van der Waals surface area contributed by atoms with Crippen LogP contribution in [0.1, 0.15) is 11.1 Å². The number of amides is 1. The number of hydrogen-bond acceptors (Lipinski definition) is 3. The molecule has 3 N–H and O–H groups in total. The van der Waals surface area contributed by atoms with E-state index in [1.165, 1.54) is 11.6 Å². The summed E-state index contributed by atoms with van der Waals surface area (Å²) in [7, 11) is 0. The standard InChI is InChI=1S/C18H15N3O3/c22-17(6-2-11-1-5-16-12(9-11)7-8-24-16)19-13-3-4-14-15(10-13)21-18(23)20-14/h1-6,9-10H,7-8H2,(H,19,22)(H2,20,21,23)/b6-2+. The van der Waals surface area contributed by atoms with Gasteiger partial charge in [-0.3, -0.25) is 4.79 Å². The predicted molar refractivity (Wildman–Crippen MR) is 92.2 cm³/mol. The molecule has 1 aliphatic rings. The molecule has 6 heteroatoms. The van der Waals surface area contributed by atoms with Gasteiger partial charge in [0.25, 0.3) is 0 Å². The fourth-order valence-electron chi connectivity index (χ4n) is 2.78. The number of nitrogens with one attached hydrogen (secondary N) is 3. The summed E-state index contributed by atoms with van der Waals surface area (Å²) in [5.41, 5.74) is 3.83. The molecule has 0 spiro atoms. The van der Waals surface area contributed by atoms with Crippen molar-refractivity contribution >= 4 is 28.7 Å². The van der Waals surface area contributed by atoms with Crippen LogP contribution in [0.15, 0.2) is 47.3 Å². The van der Waals surface area contributed by atoms with Crippen LogP contribution >= 0.6 is 0 Å². The summed E-state index contributed by atoms with van der Waals surface area (Å²) >= 11 is 0. The number of ether oxygens (including phenoxy) is 1. The van der Waals surface area contributed by atoms with E-state index in [0.29, 0.717) is 23.3 Å². The third-order valence-electron chi connectivity index (χ3n) is 3.92. The van der Waals surface area contributed by atoms with E-state index in [-0.39, 0.29) is 11.6 Å². The van der Waals surface area contributed by atoms with Gasteiger partial charge in [-0.15, -0.1) is 0 Å². The molecule has 0 radical (unpaired) electrons. The first-order valence-electron chi connectivity index (χ1n) is 7.64. The molecule has 6 nitrogen and oxygen atoms in total. The molecule has 0 unspecified atom stereocenters. The van der Waals surface area contributed by atoms with Crippen LogP contribution in [-0.2, 0) is 11.2 Å². The molecule has 24 heavy (non-hydrogen) atoms. The molecule has 0 bridgehead atoms. The highest BCUT2D eigenvalue weighted by Crippen LogP contribution is 2.26. The van der Waals surface area contributed by atoms with Crippen molar-refractivity contribution in [1.82, 2.24) is 9.97 Å². The van der Waals surface area contributed by atoms with Crippen LogP contribution in [0.4, 0.5) is 5.69 Å². The van der Waals surface area contributed by atoms with Crippen LogP contribution in [0.25, 0.3) is 17.1 Å². The predicted octanol–water partition coefficient (Wildman–Crippen LogP) is 2.44. The van der Waals surface area contributed by atoms with Gasteiger partial charge < -0.3 is 20.0 Å². The van der Waals surface area contributed by atoms with Gasteiger partial charge in [-0.1, -0.05) is 6.07 Å². The van der Waals surface area contributed by atoms with Gasteiger partial charge in [-0.2, -0.15) is 0 Å². The highest BCUT2D eigenvalue weighted by molar-refractivity contribution is 6.02. The summed E-state index contributed by atoms with van der Waals surface area (Å²) in [6.07, 6.45) is 4.16. The topological polar surface area (TPSA) is 87.0 Å². The summed E-state index contributed by atoms with van der Waals surface area (Å²) in [5, 5.41) is 2.78. The minimum Gasteiger partial charge on any atom is -0.493 e. The van der Waals surface area contributed by atoms with Crippen molar-refractivity contribution in [1.29, 1.82) is 0 Å². The second-order valence-corrected chi connectivity index (χ2v) is 5.63. The molecule has 4 rings (SSSR count). The maximum absolute atomic E-state index is 12.1.